The molecular weight excluding hydrogens is 424 g/mol. The van der Waals surface area contributed by atoms with E-state index in [4.69, 9.17) is 4.74 Å². The maximum atomic E-state index is 12.7. The van der Waals surface area contributed by atoms with Gasteiger partial charge in [0.1, 0.15) is 0 Å². The molecule has 1 N–H and O–H groups in total. The first kappa shape index (κ1) is 22.4. The lowest BCUT2D eigenvalue weighted by Crippen LogP contribution is -2.27. The van der Waals surface area contributed by atoms with Crippen molar-refractivity contribution in [2.75, 3.05) is 32.6 Å². The van der Waals surface area contributed by atoms with Crippen LogP contribution >= 0.6 is 0 Å². The summed E-state index contributed by atoms with van der Waals surface area (Å²) >= 11 is 0. The molecule has 0 aromatic heterocycles. The van der Waals surface area contributed by atoms with Gasteiger partial charge in [-0.15, -0.1) is 0 Å². The van der Waals surface area contributed by atoms with Gasteiger partial charge in [-0.05, 0) is 55.3 Å². The predicted octanol–water partition coefficient (Wildman–Crippen LogP) is 2.30. The minimum Gasteiger partial charge on any atom is -0.465 e. The Kier molecular flexibility index (Phi) is 6.71. The van der Waals surface area contributed by atoms with Gasteiger partial charge < -0.3 is 14.8 Å². The number of carbonyl (C=O) groups excluding carboxylic acids is 3. The number of carbonyl (C=O) groups is 3. The average molecular weight is 446 g/mol. The van der Waals surface area contributed by atoms with Crippen LogP contribution in [0.1, 0.15) is 43.9 Å². The van der Waals surface area contributed by atoms with E-state index in [2.05, 4.69) is 10.1 Å². The van der Waals surface area contributed by atoms with Crippen LogP contribution in [0.25, 0.3) is 0 Å². The fraction of sp³-hybridized carbons (Fsp3) is 0.286. The maximum Gasteiger partial charge on any atom is 0.340 e. The fourth-order valence-electron chi connectivity index (χ4n) is 3.23. The second kappa shape index (κ2) is 9.27. The summed E-state index contributed by atoms with van der Waals surface area (Å²) in [5, 5.41) is 2.59. The van der Waals surface area contributed by atoms with Gasteiger partial charge in [0.15, 0.2) is 0 Å². The lowest BCUT2D eigenvalue weighted by Gasteiger charge is -2.15. The Labute approximate surface area is 180 Å². The van der Waals surface area contributed by atoms with Gasteiger partial charge in [-0.3, -0.25) is 4.79 Å². The molecule has 0 radical (unpaired) electrons. The number of nitrogens with one attached hydrogen (secondary N) is 1. The topological polar surface area (TPSA) is 119 Å². The van der Waals surface area contributed by atoms with Crippen molar-refractivity contribution in [1.29, 1.82) is 0 Å². The molecule has 3 rings (SSSR count). The zero-order valence-electron chi connectivity index (χ0n) is 17.1. The number of methoxy groups -OCH3 is 2. The molecule has 2 aromatic carbocycles. The first-order valence-electron chi connectivity index (χ1n) is 9.50. The molecule has 31 heavy (non-hydrogen) atoms. The summed E-state index contributed by atoms with van der Waals surface area (Å²) < 4.78 is 36.0. The van der Waals surface area contributed by atoms with E-state index in [1.807, 2.05) is 0 Å². The Morgan fingerprint density at radius 2 is 1.45 bits per heavy atom. The van der Waals surface area contributed by atoms with Crippen molar-refractivity contribution in [1.82, 2.24) is 4.31 Å². The van der Waals surface area contributed by atoms with Crippen molar-refractivity contribution in [2.45, 2.75) is 17.7 Å². The van der Waals surface area contributed by atoms with Crippen molar-refractivity contribution < 1.29 is 32.3 Å². The molecule has 1 aliphatic rings. The van der Waals surface area contributed by atoms with Gasteiger partial charge in [0.05, 0.1) is 35.9 Å². The molecule has 1 amide bonds. The molecule has 0 spiro atoms. The molecule has 1 fully saturated rings. The molecule has 2 aromatic rings. The van der Waals surface area contributed by atoms with E-state index in [0.29, 0.717) is 13.1 Å². The molecule has 0 bridgehead atoms. The van der Waals surface area contributed by atoms with E-state index >= 15 is 0 Å². The van der Waals surface area contributed by atoms with Crippen LogP contribution in [0.15, 0.2) is 47.4 Å². The summed E-state index contributed by atoms with van der Waals surface area (Å²) in [5.74, 6) is -1.94. The van der Waals surface area contributed by atoms with Crippen LogP contribution in [0.4, 0.5) is 5.69 Å². The first-order chi connectivity index (χ1) is 14.8. The summed E-state index contributed by atoms with van der Waals surface area (Å²) in [6.07, 6.45) is 1.66. The minimum absolute atomic E-state index is 0.0213. The minimum atomic E-state index is -3.58. The molecule has 9 nitrogen and oxygen atoms in total. The number of hydrogen-bond acceptors (Lipinski definition) is 7. The Bertz CT molecular complexity index is 1110. The normalized spacial score (nSPS) is 14.1. The van der Waals surface area contributed by atoms with Crippen LogP contribution in [0.2, 0.25) is 0 Å². The van der Waals surface area contributed by atoms with Gasteiger partial charge in [-0.2, -0.15) is 4.31 Å². The zero-order chi connectivity index (χ0) is 22.6. The van der Waals surface area contributed by atoms with Crippen molar-refractivity contribution in [3.63, 3.8) is 0 Å². The predicted molar refractivity (Wildman–Crippen MR) is 112 cm³/mol. The number of anilines is 1. The molecule has 1 aliphatic heterocycles. The van der Waals surface area contributed by atoms with E-state index in [0.717, 1.165) is 12.8 Å². The number of rotatable bonds is 6. The zero-order valence-corrected chi connectivity index (χ0v) is 17.9. The lowest BCUT2D eigenvalue weighted by molar-refractivity contribution is 0.0600. The molecule has 10 heteroatoms. The summed E-state index contributed by atoms with van der Waals surface area (Å²) in [6, 6.07) is 9.62. The van der Waals surface area contributed by atoms with E-state index in [1.165, 1.54) is 61.0 Å². The summed E-state index contributed by atoms with van der Waals surface area (Å²) in [6.45, 7) is 0.977. The van der Waals surface area contributed by atoms with Gasteiger partial charge in [-0.25, -0.2) is 18.0 Å². The van der Waals surface area contributed by atoms with Gasteiger partial charge in [0.25, 0.3) is 5.91 Å². The molecular formula is C21H22N2O7S. The van der Waals surface area contributed by atoms with E-state index in [9.17, 15) is 22.8 Å². The van der Waals surface area contributed by atoms with Crippen LogP contribution in [0.3, 0.4) is 0 Å². The van der Waals surface area contributed by atoms with Crippen LogP contribution in [0, 0.1) is 0 Å². The number of ether oxygens (including phenoxy) is 2. The van der Waals surface area contributed by atoms with Crippen LogP contribution in [0.5, 0.6) is 0 Å². The van der Waals surface area contributed by atoms with Crippen molar-refractivity contribution in [3.05, 3.63) is 59.2 Å². The first-order valence-corrected chi connectivity index (χ1v) is 10.9. The number of sulfonamides is 1. The van der Waals surface area contributed by atoms with Gasteiger partial charge in [0.2, 0.25) is 10.0 Å². The molecule has 1 heterocycles. The third-order valence-electron chi connectivity index (χ3n) is 4.91. The van der Waals surface area contributed by atoms with Crippen molar-refractivity contribution >= 4 is 33.6 Å². The molecule has 0 unspecified atom stereocenters. The van der Waals surface area contributed by atoms with Crippen LogP contribution in [-0.2, 0) is 19.5 Å². The Morgan fingerprint density at radius 1 is 0.871 bits per heavy atom. The van der Waals surface area contributed by atoms with Crippen LogP contribution in [-0.4, -0.2) is 57.9 Å². The molecule has 0 aliphatic carbocycles. The lowest BCUT2D eigenvalue weighted by atomic mass is 10.1. The molecule has 1 saturated heterocycles. The third kappa shape index (κ3) is 4.75. The number of nitrogens with zero attached hydrogens (tertiary/aromatic N) is 1. The number of hydrogen-bond donors (Lipinski definition) is 1. The Hall–Kier alpha value is -3.24. The summed E-state index contributed by atoms with van der Waals surface area (Å²) in [7, 11) is -1.19. The van der Waals surface area contributed by atoms with Crippen LogP contribution < -0.4 is 5.32 Å². The summed E-state index contributed by atoms with van der Waals surface area (Å²) in [5.41, 5.74) is 0.441. The smallest absolute Gasteiger partial charge is 0.340 e. The second-order valence-corrected chi connectivity index (χ2v) is 8.77. The summed E-state index contributed by atoms with van der Waals surface area (Å²) in [4.78, 5) is 36.6. The van der Waals surface area contributed by atoms with E-state index in [-0.39, 0.29) is 27.3 Å². The van der Waals surface area contributed by atoms with Gasteiger partial charge in [0, 0.05) is 18.7 Å². The Balaban J connectivity index is 1.82. The monoisotopic (exact) mass is 446 g/mol. The quantitative estimate of drug-likeness (QED) is 0.676. The van der Waals surface area contributed by atoms with E-state index < -0.39 is 27.9 Å². The van der Waals surface area contributed by atoms with E-state index in [1.54, 1.807) is 0 Å². The standard InChI is InChI=1S/C21H22N2O7S/c1-29-20(25)15-7-10-18(17(13-15)21(26)30-2)22-19(24)14-5-8-16(9-6-14)31(27,28)23-11-3-4-12-23/h5-10,13H,3-4,11-12H2,1-2H3,(H,22,24). The fourth-order valence-corrected chi connectivity index (χ4v) is 4.74. The van der Waals surface area contributed by atoms with Crippen molar-refractivity contribution in [2.24, 2.45) is 0 Å². The molecule has 0 saturated carbocycles. The van der Waals surface area contributed by atoms with Gasteiger partial charge >= 0.3 is 11.9 Å². The van der Waals surface area contributed by atoms with Gasteiger partial charge in [-0.1, -0.05) is 0 Å². The second-order valence-electron chi connectivity index (χ2n) is 6.83. The maximum absolute atomic E-state index is 12.7. The highest BCUT2D eigenvalue weighted by Gasteiger charge is 2.27. The third-order valence-corrected chi connectivity index (χ3v) is 6.83. The molecule has 164 valence electrons. The Morgan fingerprint density at radius 3 is 2.03 bits per heavy atom. The highest BCUT2D eigenvalue weighted by molar-refractivity contribution is 7.89. The highest BCUT2D eigenvalue weighted by Crippen LogP contribution is 2.23. The highest BCUT2D eigenvalue weighted by atomic mass is 32.2. The largest absolute Gasteiger partial charge is 0.465 e. The number of amides is 1. The SMILES string of the molecule is COC(=O)c1ccc(NC(=O)c2ccc(S(=O)(=O)N3CCCC3)cc2)c(C(=O)OC)c1. The number of esters is 2. The number of benzene rings is 2. The molecule has 0 atom stereocenters. The van der Waals surface area contributed by atoms with Crippen molar-refractivity contribution in [3.8, 4) is 0 Å². The average Bonchev–Trinajstić information content (AvgIpc) is 3.34.